The van der Waals surface area contributed by atoms with Crippen molar-refractivity contribution in [3.05, 3.63) is 108 Å². The maximum Gasteiger partial charge on any atom is 0.325 e. The highest BCUT2D eigenvalue weighted by Gasteiger charge is 2.41. The van der Waals surface area contributed by atoms with E-state index in [1.165, 1.54) is 7.11 Å². The summed E-state index contributed by atoms with van der Waals surface area (Å²) >= 11 is 0. The number of rotatable bonds is 11. The zero-order valence-corrected chi connectivity index (χ0v) is 23.3. The summed E-state index contributed by atoms with van der Waals surface area (Å²) < 4.78 is 17.3. The SMILES string of the molecule is COC(=O)[C@H](COCO[Si](C)(C)C(C)(C)C)NC(c1ccccc1)(c1ccccc1)c1ccccc1. The van der Waals surface area contributed by atoms with Gasteiger partial charge in [-0.3, -0.25) is 10.1 Å². The average Bonchev–Trinajstić information content (AvgIpc) is 2.89. The molecule has 0 heterocycles. The third-order valence-corrected chi connectivity index (χ3v) is 11.5. The number of methoxy groups -OCH3 is 1. The predicted octanol–water partition coefficient (Wildman–Crippen LogP) is 6.11. The minimum absolute atomic E-state index is 0.0689. The van der Waals surface area contributed by atoms with E-state index in [9.17, 15) is 4.79 Å². The van der Waals surface area contributed by atoms with Gasteiger partial charge in [0.15, 0.2) is 8.32 Å². The second kappa shape index (κ2) is 12.0. The monoisotopic (exact) mass is 505 g/mol. The molecule has 0 aliphatic rings. The molecule has 0 amide bonds. The average molecular weight is 506 g/mol. The second-order valence-corrected chi connectivity index (χ2v) is 15.3. The van der Waals surface area contributed by atoms with Crippen LogP contribution in [0.25, 0.3) is 0 Å². The highest BCUT2D eigenvalue weighted by atomic mass is 28.4. The van der Waals surface area contributed by atoms with Crippen LogP contribution >= 0.6 is 0 Å². The van der Waals surface area contributed by atoms with Crippen molar-refractivity contribution < 1.29 is 18.7 Å². The van der Waals surface area contributed by atoms with Gasteiger partial charge in [0.25, 0.3) is 0 Å². The van der Waals surface area contributed by atoms with Gasteiger partial charge in [-0.25, -0.2) is 0 Å². The van der Waals surface area contributed by atoms with E-state index in [1.54, 1.807) is 0 Å². The minimum atomic E-state index is -1.98. The van der Waals surface area contributed by atoms with E-state index < -0.39 is 25.9 Å². The normalized spacial score (nSPS) is 13.3. The predicted molar refractivity (Wildman–Crippen MR) is 147 cm³/mol. The Balaban J connectivity index is 1.99. The maximum atomic E-state index is 13.0. The van der Waals surface area contributed by atoms with Gasteiger partial charge in [0.2, 0.25) is 0 Å². The van der Waals surface area contributed by atoms with Crippen molar-refractivity contribution in [2.24, 2.45) is 0 Å². The maximum absolute atomic E-state index is 13.0. The van der Waals surface area contributed by atoms with E-state index in [-0.39, 0.29) is 18.4 Å². The largest absolute Gasteiger partial charge is 0.468 e. The topological polar surface area (TPSA) is 56.8 Å². The number of nitrogens with one attached hydrogen (secondary N) is 1. The van der Waals surface area contributed by atoms with Crippen LogP contribution in [-0.2, 0) is 24.2 Å². The van der Waals surface area contributed by atoms with Crippen LogP contribution in [0.2, 0.25) is 18.1 Å². The summed E-state index contributed by atoms with van der Waals surface area (Å²) in [5.41, 5.74) is 2.21. The molecule has 6 heteroatoms. The van der Waals surface area contributed by atoms with Crippen LogP contribution in [0.5, 0.6) is 0 Å². The number of carbonyl (C=O) groups excluding carboxylic acids is 1. The lowest BCUT2D eigenvalue weighted by Gasteiger charge is -2.39. The molecule has 3 rings (SSSR count). The molecular weight excluding hydrogens is 466 g/mol. The molecule has 36 heavy (non-hydrogen) atoms. The molecule has 5 nitrogen and oxygen atoms in total. The molecule has 0 aliphatic carbocycles. The Kier molecular flexibility index (Phi) is 9.25. The van der Waals surface area contributed by atoms with E-state index in [4.69, 9.17) is 13.9 Å². The fourth-order valence-corrected chi connectivity index (χ4v) is 4.77. The molecular formula is C30H39NO4Si. The standard InChI is InChI=1S/C30H39NO4Si/c1-29(2,3)36(5,6)35-23-34-22-27(28(32)33-4)31-30(24-16-10-7-11-17-24,25-18-12-8-13-19-25)26-20-14-9-15-21-26/h7-21,27,31H,22-23H2,1-6H3/t27-/m0/s1. The van der Waals surface area contributed by atoms with Gasteiger partial charge in [0, 0.05) is 0 Å². The number of ether oxygens (including phenoxy) is 2. The van der Waals surface area contributed by atoms with E-state index in [1.807, 2.05) is 54.6 Å². The van der Waals surface area contributed by atoms with Gasteiger partial charge in [-0.05, 0) is 34.8 Å². The van der Waals surface area contributed by atoms with Crippen molar-refractivity contribution >= 4 is 14.3 Å². The van der Waals surface area contributed by atoms with Crippen molar-refractivity contribution in [1.29, 1.82) is 0 Å². The van der Waals surface area contributed by atoms with Crippen LogP contribution in [-0.4, -0.2) is 40.8 Å². The van der Waals surface area contributed by atoms with E-state index in [2.05, 4.69) is 75.6 Å². The Bertz CT molecular complexity index is 986. The molecule has 0 bridgehead atoms. The molecule has 1 N–H and O–H groups in total. The second-order valence-electron chi connectivity index (χ2n) is 10.5. The molecule has 0 radical (unpaired) electrons. The van der Waals surface area contributed by atoms with Gasteiger partial charge in [0.1, 0.15) is 12.8 Å². The quantitative estimate of drug-likeness (QED) is 0.112. The van der Waals surface area contributed by atoms with Crippen molar-refractivity contribution in [2.45, 2.75) is 50.5 Å². The first-order chi connectivity index (χ1) is 17.1. The van der Waals surface area contributed by atoms with E-state index in [0.717, 1.165) is 16.7 Å². The van der Waals surface area contributed by atoms with Gasteiger partial charge in [-0.15, -0.1) is 0 Å². The molecule has 0 unspecified atom stereocenters. The van der Waals surface area contributed by atoms with E-state index >= 15 is 0 Å². The molecule has 0 aromatic heterocycles. The highest BCUT2D eigenvalue weighted by Crippen LogP contribution is 2.38. The first kappa shape index (κ1) is 27.8. The summed E-state index contributed by atoms with van der Waals surface area (Å²) in [6.07, 6.45) is 0. The summed E-state index contributed by atoms with van der Waals surface area (Å²) in [5, 5.41) is 3.72. The lowest BCUT2D eigenvalue weighted by atomic mass is 9.76. The summed E-state index contributed by atoms with van der Waals surface area (Å²) in [4.78, 5) is 13.0. The van der Waals surface area contributed by atoms with Crippen molar-refractivity contribution in [1.82, 2.24) is 5.32 Å². The fraction of sp³-hybridized carbons (Fsp3) is 0.367. The Labute approximate surface area is 216 Å². The Morgan fingerprint density at radius 2 is 1.22 bits per heavy atom. The first-order valence-electron chi connectivity index (χ1n) is 12.4. The van der Waals surface area contributed by atoms with E-state index in [0.29, 0.717) is 0 Å². The molecule has 0 saturated carbocycles. The molecule has 0 aliphatic heterocycles. The van der Waals surface area contributed by atoms with Gasteiger partial charge < -0.3 is 13.9 Å². The van der Waals surface area contributed by atoms with Gasteiger partial charge >= 0.3 is 5.97 Å². The highest BCUT2D eigenvalue weighted by molar-refractivity contribution is 6.74. The lowest BCUT2D eigenvalue weighted by molar-refractivity contribution is -0.146. The third-order valence-electron chi connectivity index (χ3n) is 7.09. The minimum Gasteiger partial charge on any atom is -0.468 e. The Morgan fingerprint density at radius 1 is 0.806 bits per heavy atom. The van der Waals surface area contributed by atoms with Crippen LogP contribution in [0.4, 0.5) is 0 Å². The third kappa shape index (κ3) is 6.31. The van der Waals surface area contributed by atoms with Crippen molar-refractivity contribution in [3.8, 4) is 0 Å². The molecule has 192 valence electrons. The van der Waals surface area contributed by atoms with Crippen LogP contribution in [0.3, 0.4) is 0 Å². The van der Waals surface area contributed by atoms with Gasteiger partial charge in [0.05, 0.1) is 19.3 Å². The summed E-state index contributed by atoms with van der Waals surface area (Å²) in [6.45, 7) is 11.1. The van der Waals surface area contributed by atoms with Crippen LogP contribution in [0.1, 0.15) is 37.5 Å². The van der Waals surface area contributed by atoms with Gasteiger partial charge in [-0.1, -0.05) is 112 Å². The van der Waals surface area contributed by atoms with Gasteiger partial charge in [-0.2, -0.15) is 0 Å². The van der Waals surface area contributed by atoms with Crippen LogP contribution in [0.15, 0.2) is 91.0 Å². The Hall–Kier alpha value is -2.77. The first-order valence-corrected chi connectivity index (χ1v) is 15.3. The number of benzene rings is 3. The zero-order chi connectivity index (χ0) is 26.2. The number of hydrogen-bond acceptors (Lipinski definition) is 5. The summed E-state index contributed by atoms with van der Waals surface area (Å²) in [5.74, 6) is -0.394. The molecule has 3 aromatic carbocycles. The van der Waals surface area contributed by atoms with Crippen LogP contribution in [0, 0.1) is 0 Å². The van der Waals surface area contributed by atoms with Crippen molar-refractivity contribution in [2.75, 3.05) is 20.5 Å². The molecule has 1 atom stereocenters. The number of hydrogen-bond donors (Lipinski definition) is 1. The molecule has 0 saturated heterocycles. The Morgan fingerprint density at radius 3 is 1.58 bits per heavy atom. The zero-order valence-electron chi connectivity index (χ0n) is 22.3. The number of esters is 1. The fourth-order valence-electron chi connectivity index (χ4n) is 3.96. The smallest absolute Gasteiger partial charge is 0.325 e. The summed E-state index contributed by atoms with van der Waals surface area (Å²) in [6, 6.07) is 29.7. The van der Waals surface area contributed by atoms with Crippen molar-refractivity contribution in [3.63, 3.8) is 0 Å². The molecule has 0 spiro atoms. The lowest BCUT2D eigenvalue weighted by Crippen LogP contribution is -2.54. The molecule has 3 aromatic rings. The number of carbonyl (C=O) groups is 1. The summed E-state index contributed by atoms with van der Waals surface area (Å²) in [7, 11) is -0.578. The van der Waals surface area contributed by atoms with Crippen LogP contribution < -0.4 is 5.32 Å². The molecule has 0 fully saturated rings.